The zero-order chi connectivity index (χ0) is 35.6. The number of furan rings is 2. The monoisotopic (exact) mass is 694 g/mol. The van der Waals surface area contributed by atoms with Crippen LogP contribution in [-0.4, -0.2) is 4.98 Å². The van der Waals surface area contributed by atoms with Crippen LogP contribution in [0.1, 0.15) is 0 Å². The maximum atomic E-state index is 6.76. The Hall–Kier alpha value is -7.37. The van der Waals surface area contributed by atoms with Crippen molar-refractivity contribution in [1.82, 2.24) is 4.98 Å². The van der Waals surface area contributed by atoms with Crippen LogP contribution in [0.3, 0.4) is 0 Å². The van der Waals surface area contributed by atoms with Crippen molar-refractivity contribution in [2.45, 2.75) is 0 Å². The van der Waals surface area contributed by atoms with E-state index in [-0.39, 0.29) is 0 Å². The molecule has 5 nitrogen and oxygen atoms in total. The summed E-state index contributed by atoms with van der Waals surface area (Å²) in [4.78, 5) is 7.25. The minimum absolute atomic E-state index is 0.585. The number of benzene rings is 8. The van der Waals surface area contributed by atoms with Crippen molar-refractivity contribution in [2.75, 3.05) is 4.90 Å². The van der Waals surface area contributed by atoms with Gasteiger partial charge in [0.2, 0.25) is 5.89 Å². The number of fused-ring (bicyclic) bond motifs is 8. The molecule has 0 atom stereocenters. The minimum Gasteiger partial charge on any atom is -0.455 e. The molecule has 3 aromatic heterocycles. The molecule has 11 rings (SSSR count). The number of anilines is 3. The van der Waals surface area contributed by atoms with E-state index >= 15 is 0 Å². The van der Waals surface area contributed by atoms with Gasteiger partial charge in [-0.2, -0.15) is 0 Å². The first-order valence-corrected chi connectivity index (χ1v) is 18.0. The van der Waals surface area contributed by atoms with Crippen molar-refractivity contribution in [2.24, 2.45) is 0 Å². The molecule has 254 valence electrons. The fourth-order valence-electron chi connectivity index (χ4n) is 7.77. The molecule has 0 saturated carbocycles. The zero-order valence-electron chi connectivity index (χ0n) is 28.9. The molecule has 0 radical (unpaired) electrons. The molecule has 54 heavy (non-hydrogen) atoms. The molecule has 0 saturated heterocycles. The molecule has 3 heterocycles. The molecule has 0 amide bonds. The van der Waals surface area contributed by atoms with E-state index in [1.54, 1.807) is 0 Å². The molecule has 0 unspecified atom stereocenters. The van der Waals surface area contributed by atoms with Gasteiger partial charge in [0.25, 0.3) is 0 Å². The molecular formula is C49H30N2O3. The lowest BCUT2D eigenvalue weighted by Gasteiger charge is -2.26. The highest BCUT2D eigenvalue weighted by Crippen LogP contribution is 2.45. The summed E-state index contributed by atoms with van der Waals surface area (Å²) in [7, 11) is 0. The van der Waals surface area contributed by atoms with Gasteiger partial charge in [0.1, 0.15) is 22.3 Å². The van der Waals surface area contributed by atoms with Crippen LogP contribution < -0.4 is 4.90 Å². The van der Waals surface area contributed by atoms with E-state index in [9.17, 15) is 0 Å². The first kappa shape index (κ1) is 30.3. The van der Waals surface area contributed by atoms with E-state index in [0.29, 0.717) is 5.89 Å². The summed E-state index contributed by atoms with van der Waals surface area (Å²) >= 11 is 0. The van der Waals surface area contributed by atoms with Crippen molar-refractivity contribution in [3.8, 4) is 33.7 Å². The number of hydrogen-bond donors (Lipinski definition) is 0. The molecule has 11 aromatic rings. The largest absolute Gasteiger partial charge is 0.455 e. The highest BCUT2D eigenvalue weighted by Gasteiger charge is 2.22. The van der Waals surface area contributed by atoms with Crippen LogP contribution in [0.15, 0.2) is 195 Å². The molecule has 0 N–H and O–H groups in total. The van der Waals surface area contributed by atoms with E-state index in [4.69, 9.17) is 18.2 Å². The first-order valence-electron chi connectivity index (χ1n) is 18.0. The van der Waals surface area contributed by atoms with Crippen molar-refractivity contribution >= 4 is 72.0 Å². The summed E-state index contributed by atoms with van der Waals surface area (Å²) < 4.78 is 19.4. The van der Waals surface area contributed by atoms with Gasteiger partial charge >= 0.3 is 0 Å². The van der Waals surface area contributed by atoms with Crippen LogP contribution in [0.5, 0.6) is 0 Å². The van der Waals surface area contributed by atoms with Crippen molar-refractivity contribution < 1.29 is 13.3 Å². The van der Waals surface area contributed by atoms with Crippen LogP contribution in [0.2, 0.25) is 0 Å². The summed E-state index contributed by atoms with van der Waals surface area (Å²) in [5.74, 6) is 0.585. The van der Waals surface area contributed by atoms with E-state index in [1.165, 1.54) is 5.56 Å². The molecule has 0 spiro atoms. The second-order valence-corrected chi connectivity index (χ2v) is 13.5. The normalized spacial score (nSPS) is 11.7. The van der Waals surface area contributed by atoms with E-state index in [0.717, 1.165) is 94.3 Å². The number of rotatable bonds is 6. The van der Waals surface area contributed by atoms with Crippen LogP contribution in [0, 0.1) is 0 Å². The van der Waals surface area contributed by atoms with Gasteiger partial charge < -0.3 is 18.2 Å². The van der Waals surface area contributed by atoms with E-state index in [1.807, 2.05) is 60.7 Å². The fourth-order valence-corrected chi connectivity index (χ4v) is 7.77. The lowest BCUT2D eigenvalue weighted by atomic mass is 10.0. The standard InChI is InChI=1S/C49H30N2O3/c1-3-11-31(12-4-1)32-21-25-35(26-22-32)51(36-27-23-33(24-28-36)37-16-9-17-39-38-15-7-8-20-42(38)52-47(37)39)41-19-10-18-40-45-43(53-48(40)41)29-30-44-46(45)50-49(54-44)34-13-5-2-6-14-34/h1-30H. The van der Waals surface area contributed by atoms with Crippen molar-refractivity contribution in [3.05, 3.63) is 182 Å². The Morgan fingerprint density at radius 3 is 1.74 bits per heavy atom. The van der Waals surface area contributed by atoms with Gasteiger partial charge in [-0.25, -0.2) is 4.98 Å². The number of para-hydroxylation sites is 3. The molecule has 0 aliphatic rings. The smallest absolute Gasteiger partial charge is 0.227 e. The summed E-state index contributed by atoms with van der Waals surface area (Å²) in [5, 5.41) is 4.14. The molecule has 0 aliphatic heterocycles. The minimum atomic E-state index is 0.585. The van der Waals surface area contributed by atoms with E-state index < -0.39 is 0 Å². The topological polar surface area (TPSA) is 55.6 Å². The molecule has 0 bridgehead atoms. The number of nitrogens with zero attached hydrogens (tertiary/aromatic N) is 2. The van der Waals surface area contributed by atoms with Crippen LogP contribution in [-0.2, 0) is 0 Å². The maximum Gasteiger partial charge on any atom is 0.227 e. The predicted octanol–water partition coefficient (Wildman–Crippen LogP) is 14.1. The average molecular weight is 695 g/mol. The van der Waals surface area contributed by atoms with Crippen LogP contribution >= 0.6 is 0 Å². The third-order valence-corrected chi connectivity index (χ3v) is 10.3. The molecule has 5 heteroatoms. The molecular weight excluding hydrogens is 665 g/mol. The first-order chi connectivity index (χ1) is 26.8. The number of oxazole rings is 1. The van der Waals surface area contributed by atoms with Crippen molar-refractivity contribution in [3.63, 3.8) is 0 Å². The number of aromatic nitrogens is 1. The maximum absolute atomic E-state index is 6.76. The lowest BCUT2D eigenvalue weighted by molar-refractivity contribution is 0.619. The van der Waals surface area contributed by atoms with Gasteiger partial charge in [-0.3, -0.25) is 0 Å². The van der Waals surface area contributed by atoms with E-state index in [2.05, 4.69) is 126 Å². The Kier molecular flexibility index (Phi) is 6.79. The van der Waals surface area contributed by atoms with Crippen LogP contribution in [0.4, 0.5) is 17.1 Å². The average Bonchev–Trinajstić information content (AvgIpc) is 3.96. The zero-order valence-corrected chi connectivity index (χ0v) is 28.9. The third kappa shape index (κ3) is 4.83. The highest BCUT2D eigenvalue weighted by atomic mass is 16.4. The highest BCUT2D eigenvalue weighted by molar-refractivity contribution is 6.19. The Morgan fingerprint density at radius 2 is 0.963 bits per heavy atom. The molecule has 0 aliphatic carbocycles. The third-order valence-electron chi connectivity index (χ3n) is 10.3. The Morgan fingerprint density at radius 1 is 0.370 bits per heavy atom. The summed E-state index contributed by atoms with van der Waals surface area (Å²) in [5.41, 5.74) is 13.1. The summed E-state index contributed by atoms with van der Waals surface area (Å²) in [6, 6.07) is 62.6. The van der Waals surface area contributed by atoms with Gasteiger partial charge in [0.15, 0.2) is 11.2 Å². The Balaban J connectivity index is 1.07. The lowest BCUT2D eigenvalue weighted by Crippen LogP contribution is -2.10. The Labute approximate surface area is 309 Å². The van der Waals surface area contributed by atoms with Crippen LogP contribution in [0.25, 0.3) is 88.7 Å². The van der Waals surface area contributed by atoms with Gasteiger partial charge in [0, 0.05) is 38.7 Å². The quantitative estimate of drug-likeness (QED) is 0.173. The molecule has 8 aromatic carbocycles. The summed E-state index contributed by atoms with van der Waals surface area (Å²) in [6.07, 6.45) is 0. The molecule has 0 fully saturated rings. The summed E-state index contributed by atoms with van der Waals surface area (Å²) in [6.45, 7) is 0. The Bertz CT molecular complexity index is 3140. The van der Waals surface area contributed by atoms with Gasteiger partial charge in [-0.05, 0) is 77.4 Å². The van der Waals surface area contributed by atoms with Gasteiger partial charge in [-0.15, -0.1) is 0 Å². The van der Waals surface area contributed by atoms with Crippen molar-refractivity contribution in [1.29, 1.82) is 0 Å². The SMILES string of the molecule is c1ccc(-c2ccc(N(c3ccc(-c4cccc5c4oc4ccccc45)cc3)c3cccc4c3oc3ccc5oc(-c6ccccc6)nc5c34)cc2)cc1. The second kappa shape index (κ2) is 12.1. The van der Waals surface area contributed by atoms with Gasteiger partial charge in [-0.1, -0.05) is 121 Å². The second-order valence-electron chi connectivity index (χ2n) is 13.5. The fraction of sp³-hybridized carbons (Fsp3) is 0. The predicted molar refractivity (Wildman–Crippen MR) is 220 cm³/mol. The van der Waals surface area contributed by atoms with Gasteiger partial charge in [0.05, 0.1) is 11.1 Å². The number of hydrogen-bond acceptors (Lipinski definition) is 5.